The first-order chi connectivity index (χ1) is 9.90. The van der Waals surface area contributed by atoms with Gasteiger partial charge in [0.25, 0.3) is 0 Å². The topological polar surface area (TPSA) is 24.5 Å². The van der Waals surface area contributed by atoms with Gasteiger partial charge in [-0.2, -0.15) is 0 Å². The number of nitrogens with zero attached hydrogens (tertiary/aromatic N) is 1. The summed E-state index contributed by atoms with van der Waals surface area (Å²) >= 11 is 0. The molecule has 3 nitrogen and oxygen atoms in total. The third-order valence-electron chi connectivity index (χ3n) is 4.05. The number of morpholine rings is 1. The van der Waals surface area contributed by atoms with Crippen LogP contribution in [-0.2, 0) is 11.3 Å². The van der Waals surface area contributed by atoms with Gasteiger partial charge in [-0.3, -0.25) is 0 Å². The molecule has 1 aromatic carbocycles. The van der Waals surface area contributed by atoms with Crippen LogP contribution in [0.3, 0.4) is 0 Å². The van der Waals surface area contributed by atoms with Gasteiger partial charge in [0.05, 0.1) is 19.3 Å². The van der Waals surface area contributed by atoms with Crippen LogP contribution in [-0.4, -0.2) is 31.3 Å². The van der Waals surface area contributed by atoms with E-state index in [0.29, 0.717) is 6.04 Å². The molecule has 1 aliphatic heterocycles. The van der Waals surface area contributed by atoms with Crippen LogP contribution in [0.5, 0.6) is 0 Å². The second kappa shape index (κ2) is 6.80. The van der Waals surface area contributed by atoms with Gasteiger partial charge in [-0.1, -0.05) is 24.6 Å². The molecule has 21 heavy (non-hydrogen) atoms. The normalized spacial score (nSPS) is 19.9. The number of hydrogen-bond acceptors (Lipinski definition) is 3. The number of hydrogen-bond donors (Lipinski definition) is 1. The van der Waals surface area contributed by atoms with Crippen molar-refractivity contribution in [2.75, 3.05) is 24.7 Å². The van der Waals surface area contributed by atoms with Gasteiger partial charge in [0, 0.05) is 24.3 Å². The smallest absolute Gasteiger partial charge is 0.0670 e. The summed E-state index contributed by atoms with van der Waals surface area (Å²) in [5.74, 6) is 0. The van der Waals surface area contributed by atoms with E-state index in [1.54, 1.807) is 0 Å². The van der Waals surface area contributed by atoms with Crippen molar-refractivity contribution in [2.45, 2.75) is 59.2 Å². The Labute approximate surface area is 129 Å². The maximum atomic E-state index is 5.65. The lowest BCUT2D eigenvalue weighted by molar-refractivity contribution is 0.0929. The van der Waals surface area contributed by atoms with Gasteiger partial charge in [-0.25, -0.2) is 0 Å². The third kappa shape index (κ3) is 4.45. The number of rotatable bonds is 4. The monoisotopic (exact) mass is 290 g/mol. The Bertz CT molecular complexity index is 465. The predicted molar refractivity (Wildman–Crippen MR) is 90.0 cm³/mol. The quantitative estimate of drug-likeness (QED) is 0.918. The molecule has 1 atom stereocenters. The Hall–Kier alpha value is -1.06. The van der Waals surface area contributed by atoms with Gasteiger partial charge in [0.15, 0.2) is 0 Å². The molecule has 1 fully saturated rings. The number of ether oxygens (including phenoxy) is 1. The first kappa shape index (κ1) is 16.3. The van der Waals surface area contributed by atoms with Crippen LogP contribution in [0.4, 0.5) is 5.69 Å². The lowest BCUT2D eigenvalue weighted by Gasteiger charge is -2.38. The fourth-order valence-corrected chi connectivity index (χ4v) is 2.81. The van der Waals surface area contributed by atoms with Gasteiger partial charge in [0.1, 0.15) is 0 Å². The average molecular weight is 290 g/mol. The zero-order chi connectivity index (χ0) is 15.5. The van der Waals surface area contributed by atoms with Gasteiger partial charge in [0.2, 0.25) is 0 Å². The molecule has 3 heteroatoms. The van der Waals surface area contributed by atoms with E-state index >= 15 is 0 Å². The molecule has 0 aliphatic carbocycles. The molecule has 0 spiro atoms. The van der Waals surface area contributed by atoms with Gasteiger partial charge in [-0.05, 0) is 45.7 Å². The summed E-state index contributed by atoms with van der Waals surface area (Å²) in [6, 6.07) is 7.31. The van der Waals surface area contributed by atoms with E-state index in [0.717, 1.165) is 32.7 Å². The molecule has 1 saturated heterocycles. The number of nitrogens with one attached hydrogen (secondary N) is 1. The Morgan fingerprint density at radius 1 is 1.33 bits per heavy atom. The molecule has 0 bridgehead atoms. The van der Waals surface area contributed by atoms with Crippen molar-refractivity contribution in [1.82, 2.24) is 5.32 Å². The lowest BCUT2D eigenvalue weighted by atomic mass is 10.0. The zero-order valence-corrected chi connectivity index (χ0v) is 14.2. The van der Waals surface area contributed by atoms with Crippen molar-refractivity contribution in [2.24, 2.45) is 0 Å². The molecular formula is C18H30N2O. The van der Waals surface area contributed by atoms with Crippen LogP contribution in [0, 0.1) is 6.92 Å². The van der Waals surface area contributed by atoms with Crippen LogP contribution in [0.2, 0.25) is 0 Å². The average Bonchev–Trinajstić information content (AvgIpc) is 2.44. The van der Waals surface area contributed by atoms with Crippen LogP contribution in [0.25, 0.3) is 0 Å². The first-order valence-corrected chi connectivity index (χ1v) is 8.09. The number of anilines is 1. The highest BCUT2D eigenvalue weighted by molar-refractivity contribution is 5.56. The predicted octanol–water partition coefficient (Wildman–Crippen LogP) is 3.50. The van der Waals surface area contributed by atoms with Crippen molar-refractivity contribution >= 4 is 5.69 Å². The lowest BCUT2D eigenvalue weighted by Crippen LogP contribution is -2.46. The fraction of sp³-hybridized carbons (Fsp3) is 0.667. The maximum Gasteiger partial charge on any atom is 0.0670 e. The first-order valence-electron chi connectivity index (χ1n) is 8.09. The van der Waals surface area contributed by atoms with Gasteiger partial charge < -0.3 is 15.0 Å². The van der Waals surface area contributed by atoms with E-state index in [1.165, 1.54) is 16.8 Å². The Kier molecular flexibility index (Phi) is 5.28. The van der Waals surface area contributed by atoms with Crippen molar-refractivity contribution in [3.63, 3.8) is 0 Å². The maximum absolute atomic E-state index is 5.65. The Balaban J connectivity index is 2.25. The zero-order valence-electron chi connectivity index (χ0n) is 14.2. The molecule has 1 aliphatic rings. The van der Waals surface area contributed by atoms with Gasteiger partial charge >= 0.3 is 0 Å². The molecule has 0 amide bonds. The summed E-state index contributed by atoms with van der Waals surface area (Å²) in [5.41, 5.74) is 4.22. The summed E-state index contributed by atoms with van der Waals surface area (Å²) in [6.45, 7) is 14.6. The number of benzene rings is 1. The van der Waals surface area contributed by atoms with E-state index < -0.39 is 0 Å². The summed E-state index contributed by atoms with van der Waals surface area (Å²) in [7, 11) is 0. The molecule has 1 aromatic rings. The minimum atomic E-state index is 0.135. The summed E-state index contributed by atoms with van der Waals surface area (Å²) in [6.07, 6.45) is 1.13. The molecule has 1 heterocycles. The second-order valence-corrected chi connectivity index (χ2v) is 7.07. The van der Waals surface area contributed by atoms with Crippen molar-refractivity contribution in [1.29, 1.82) is 0 Å². The molecule has 0 radical (unpaired) electrons. The van der Waals surface area contributed by atoms with Crippen LogP contribution in [0.15, 0.2) is 18.2 Å². The Morgan fingerprint density at radius 3 is 2.76 bits per heavy atom. The summed E-state index contributed by atoms with van der Waals surface area (Å²) in [4.78, 5) is 2.53. The summed E-state index contributed by atoms with van der Waals surface area (Å²) < 4.78 is 5.65. The van der Waals surface area contributed by atoms with Crippen LogP contribution >= 0.6 is 0 Å². The summed E-state index contributed by atoms with van der Waals surface area (Å²) in [5, 5.41) is 3.62. The minimum absolute atomic E-state index is 0.135. The van der Waals surface area contributed by atoms with Crippen molar-refractivity contribution in [3.8, 4) is 0 Å². The molecule has 1 N–H and O–H groups in total. The molecule has 2 rings (SSSR count). The highest BCUT2D eigenvalue weighted by Crippen LogP contribution is 2.27. The second-order valence-electron chi connectivity index (χ2n) is 7.07. The van der Waals surface area contributed by atoms with Crippen LogP contribution in [0.1, 0.15) is 45.2 Å². The third-order valence-corrected chi connectivity index (χ3v) is 4.05. The Morgan fingerprint density at radius 2 is 2.10 bits per heavy atom. The van der Waals surface area contributed by atoms with E-state index in [4.69, 9.17) is 4.74 Å². The highest BCUT2D eigenvalue weighted by Gasteiger charge is 2.23. The largest absolute Gasteiger partial charge is 0.377 e. The minimum Gasteiger partial charge on any atom is -0.377 e. The molecular weight excluding hydrogens is 260 g/mol. The SMILES string of the molecule is CCC1COCCN1c1ccc(C)cc1CNC(C)(C)C. The molecule has 1 unspecified atom stereocenters. The highest BCUT2D eigenvalue weighted by atomic mass is 16.5. The van der Waals surface area contributed by atoms with E-state index in [-0.39, 0.29) is 5.54 Å². The standard InChI is InChI=1S/C18H30N2O/c1-6-16-13-21-10-9-20(16)17-8-7-14(2)11-15(17)12-19-18(3,4)5/h7-8,11,16,19H,6,9-10,12-13H2,1-5H3. The fourth-order valence-electron chi connectivity index (χ4n) is 2.81. The molecule has 118 valence electrons. The molecule has 0 saturated carbocycles. The van der Waals surface area contributed by atoms with Crippen molar-refractivity contribution < 1.29 is 4.74 Å². The van der Waals surface area contributed by atoms with E-state index in [2.05, 4.69) is 63.0 Å². The van der Waals surface area contributed by atoms with Crippen LogP contribution < -0.4 is 10.2 Å². The molecule has 0 aromatic heterocycles. The van der Waals surface area contributed by atoms with E-state index in [1.807, 2.05) is 0 Å². The van der Waals surface area contributed by atoms with E-state index in [9.17, 15) is 0 Å². The number of aryl methyl sites for hydroxylation is 1. The van der Waals surface area contributed by atoms with Crippen molar-refractivity contribution in [3.05, 3.63) is 29.3 Å². The van der Waals surface area contributed by atoms with Gasteiger partial charge in [-0.15, -0.1) is 0 Å².